The predicted molar refractivity (Wildman–Crippen MR) is 129 cm³/mol. The van der Waals surface area contributed by atoms with Gasteiger partial charge >= 0.3 is 12.6 Å². The minimum atomic E-state index is -2.95. The molecule has 2 aromatic rings. The number of nitrogens with zero attached hydrogens (tertiary/aromatic N) is 2. The lowest BCUT2D eigenvalue weighted by Crippen LogP contribution is -2.40. The van der Waals surface area contributed by atoms with E-state index in [2.05, 4.69) is 22.1 Å². The molecule has 0 radical (unpaired) electrons. The summed E-state index contributed by atoms with van der Waals surface area (Å²) in [6, 6.07) is 12.1. The number of hydrogen-bond donors (Lipinski definition) is 1. The number of rotatable bonds is 13. The molecule has 3 amide bonds. The lowest BCUT2D eigenvalue weighted by molar-refractivity contribution is -0.131. The van der Waals surface area contributed by atoms with Gasteiger partial charge in [-0.05, 0) is 60.9 Å². The van der Waals surface area contributed by atoms with Crippen LogP contribution in [0.1, 0.15) is 63.5 Å². The number of unbranched alkanes of at least 4 members (excludes halogenated alkanes) is 5. The smallest absolute Gasteiger partial charge is 0.387 e. The number of carbonyl (C=O) groups excluding carboxylic acids is 2. The van der Waals surface area contributed by atoms with E-state index in [1.165, 1.54) is 63.1 Å². The van der Waals surface area contributed by atoms with Crippen LogP contribution in [0.25, 0.3) is 0 Å². The molecule has 9 heteroatoms. The molecular formula is C26H31F2N3O4. The molecule has 0 saturated carbocycles. The van der Waals surface area contributed by atoms with Gasteiger partial charge in [0.25, 0.3) is 5.91 Å². The molecule has 1 aliphatic rings. The summed E-state index contributed by atoms with van der Waals surface area (Å²) in [5, 5.41) is 7.42. The minimum Gasteiger partial charge on any atom is -0.494 e. The van der Waals surface area contributed by atoms with Crippen LogP contribution in [0.2, 0.25) is 0 Å². The number of hydrogen-bond acceptors (Lipinski definition) is 5. The zero-order valence-electron chi connectivity index (χ0n) is 20.0. The van der Waals surface area contributed by atoms with Crippen LogP contribution < -0.4 is 14.8 Å². The van der Waals surface area contributed by atoms with Gasteiger partial charge in [-0.25, -0.2) is 4.79 Å². The first kappa shape index (κ1) is 26.1. The Hall–Kier alpha value is -3.49. The molecule has 1 unspecified atom stereocenters. The Kier molecular flexibility index (Phi) is 9.17. The number of hydrazone groups is 1. The van der Waals surface area contributed by atoms with Crippen molar-refractivity contribution in [2.45, 2.75) is 64.5 Å². The van der Waals surface area contributed by atoms with E-state index < -0.39 is 24.1 Å². The van der Waals surface area contributed by atoms with Crippen LogP contribution in [-0.4, -0.2) is 36.4 Å². The van der Waals surface area contributed by atoms with Crippen molar-refractivity contribution in [3.63, 3.8) is 0 Å². The Morgan fingerprint density at radius 2 is 1.60 bits per heavy atom. The maximum atomic E-state index is 13.0. The molecule has 1 aliphatic heterocycles. The van der Waals surface area contributed by atoms with Crippen LogP contribution >= 0.6 is 0 Å². The number of benzene rings is 2. The van der Waals surface area contributed by atoms with Gasteiger partial charge in [0.2, 0.25) is 0 Å². The largest absolute Gasteiger partial charge is 0.494 e. The Bertz CT molecular complexity index is 1010. The molecule has 2 aromatic carbocycles. The Morgan fingerprint density at radius 3 is 2.26 bits per heavy atom. The average molecular weight is 488 g/mol. The monoisotopic (exact) mass is 487 g/mol. The van der Waals surface area contributed by atoms with Crippen molar-refractivity contribution in [1.29, 1.82) is 0 Å². The fourth-order valence-corrected chi connectivity index (χ4v) is 3.74. The molecular weight excluding hydrogens is 456 g/mol. The van der Waals surface area contributed by atoms with Crippen molar-refractivity contribution >= 4 is 18.2 Å². The van der Waals surface area contributed by atoms with Crippen molar-refractivity contribution in [1.82, 2.24) is 10.3 Å². The summed E-state index contributed by atoms with van der Waals surface area (Å²) in [5.74, 6) is 0.121. The van der Waals surface area contributed by atoms with E-state index in [-0.39, 0.29) is 5.75 Å². The Balaban J connectivity index is 1.55. The average Bonchev–Trinajstić information content (AvgIpc) is 3.06. The maximum Gasteiger partial charge on any atom is 0.387 e. The van der Waals surface area contributed by atoms with Gasteiger partial charge in [-0.1, -0.05) is 51.2 Å². The number of ether oxygens (including phenoxy) is 2. The van der Waals surface area contributed by atoms with Gasteiger partial charge < -0.3 is 14.8 Å². The Morgan fingerprint density at radius 1 is 0.971 bits per heavy atom. The minimum absolute atomic E-state index is 0.0431. The van der Waals surface area contributed by atoms with E-state index in [4.69, 9.17) is 4.74 Å². The second-order valence-electron chi connectivity index (χ2n) is 8.50. The van der Waals surface area contributed by atoms with E-state index >= 15 is 0 Å². The molecule has 35 heavy (non-hydrogen) atoms. The summed E-state index contributed by atoms with van der Waals surface area (Å²) in [6.45, 7) is 1.44. The van der Waals surface area contributed by atoms with E-state index in [0.717, 1.165) is 23.6 Å². The maximum absolute atomic E-state index is 13.0. The van der Waals surface area contributed by atoms with Crippen molar-refractivity contribution in [2.24, 2.45) is 5.10 Å². The third-order valence-corrected chi connectivity index (χ3v) is 5.80. The number of nitrogens with one attached hydrogen (secondary N) is 1. The lowest BCUT2D eigenvalue weighted by Gasteiger charge is -2.21. The highest BCUT2D eigenvalue weighted by molar-refractivity contribution is 6.07. The molecule has 0 aliphatic carbocycles. The molecule has 1 fully saturated rings. The number of imide groups is 1. The number of alkyl halides is 2. The number of halogens is 2. The summed E-state index contributed by atoms with van der Waals surface area (Å²) in [7, 11) is 0. The first-order valence-electron chi connectivity index (χ1n) is 11.8. The number of amides is 3. The number of urea groups is 1. The zero-order valence-corrected chi connectivity index (χ0v) is 20.0. The van der Waals surface area contributed by atoms with Crippen LogP contribution in [0.4, 0.5) is 13.6 Å². The molecule has 188 valence electrons. The van der Waals surface area contributed by atoms with E-state index in [9.17, 15) is 18.4 Å². The number of carbonyl (C=O) groups is 2. The van der Waals surface area contributed by atoms with E-state index in [1.807, 2.05) is 12.1 Å². The zero-order chi connectivity index (χ0) is 25.3. The van der Waals surface area contributed by atoms with Crippen molar-refractivity contribution in [2.75, 3.05) is 6.61 Å². The van der Waals surface area contributed by atoms with Gasteiger partial charge in [-0.2, -0.15) is 13.9 Å². The first-order valence-corrected chi connectivity index (χ1v) is 11.8. The third-order valence-electron chi connectivity index (χ3n) is 5.80. The molecule has 0 bridgehead atoms. The summed E-state index contributed by atoms with van der Waals surface area (Å²) in [5.41, 5.74) is -0.270. The Labute approximate surface area is 204 Å². The molecule has 1 N–H and O–H groups in total. The standard InChI is InChI=1S/C26H31F2N3O4/c1-3-4-5-6-7-8-17-34-21-13-9-19(10-14-21)18-29-31-23(32)26(2,30-25(31)33)20-11-15-22(16-12-20)35-24(27)28/h9-16,18,24H,3-8,17H2,1-2H3,(H,30,33)/b29-18+. The second-order valence-corrected chi connectivity index (χ2v) is 8.50. The molecule has 1 saturated heterocycles. The van der Waals surface area contributed by atoms with Crippen LogP contribution in [0, 0.1) is 0 Å². The highest BCUT2D eigenvalue weighted by Crippen LogP contribution is 2.30. The highest BCUT2D eigenvalue weighted by Gasteiger charge is 2.49. The molecule has 1 atom stereocenters. The van der Waals surface area contributed by atoms with Crippen LogP contribution in [0.15, 0.2) is 53.6 Å². The van der Waals surface area contributed by atoms with Gasteiger partial charge in [0.05, 0.1) is 12.8 Å². The molecule has 0 aromatic heterocycles. The topological polar surface area (TPSA) is 80.2 Å². The first-order chi connectivity index (χ1) is 16.8. The summed E-state index contributed by atoms with van der Waals surface area (Å²) in [6.07, 6.45) is 8.59. The molecule has 1 heterocycles. The van der Waals surface area contributed by atoms with Crippen LogP contribution in [0.3, 0.4) is 0 Å². The normalized spacial score (nSPS) is 17.9. The quantitative estimate of drug-likeness (QED) is 0.219. The SMILES string of the molecule is CCCCCCCCOc1ccc(/C=N/N2C(=O)NC(C)(c3ccc(OC(F)F)cc3)C2=O)cc1. The summed E-state index contributed by atoms with van der Waals surface area (Å²) in [4.78, 5) is 25.4. The van der Waals surface area contributed by atoms with Gasteiger partial charge in [-0.3, -0.25) is 4.79 Å². The van der Waals surface area contributed by atoms with E-state index in [0.29, 0.717) is 17.7 Å². The lowest BCUT2D eigenvalue weighted by atomic mass is 9.92. The summed E-state index contributed by atoms with van der Waals surface area (Å²) >= 11 is 0. The summed E-state index contributed by atoms with van der Waals surface area (Å²) < 4.78 is 34.8. The fourth-order valence-electron chi connectivity index (χ4n) is 3.74. The van der Waals surface area contributed by atoms with Gasteiger partial charge in [0.15, 0.2) is 0 Å². The fraction of sp³-hybridized carbons (Fsp3) is 0.423. The van der Waals surface area contributed by atoms with Gasteiger partial charge in [0.1, 0.15) is 17.0 Å². The van der Waals surface area contributed by atoms with Crippen LogP contribution in [0.5, 0.6) is 11.5 Å². The van der Waals surface area contributed by atoms with Crippen LogP contribution in [-0.2, 0) is 10.3 Å². The van der Waals surface area contributed by atoms with E-state index in [1.54, 1.807) is 12.1 Å². The molecule has 0 spiro atoms. The molecule has 3 rings (SSSR count). The van der Waals surface area contributed by atoms with Crippen molar-refractivity contribution < 1.29 is 27.8 Å². The van der Waals surface area contributed by atoms with Gasteiger partial charge in [0, 0.05) is 0 Å². The van der Waals surface area contributed by atoms with Crippen molar-refractivity contribution in [3.05, 3.63) is 59.7 Å². The molecule has 7 nitrogen and oxygen atoms in total. The third kappa shape index (κ3) is 7.00. The van der Waals surface area contributed by atoms with Crippen molar-refractivity contribution in [3.8, 4) is 11.5 Å². The van der Waals surface area contributed by atoms with Gasteiger partial charge in [-0.15, -0.1) is 5.01 Å². The highest BCUT2D eigenvalue weighted by atomic mass is 19.3. The second kappa shape index (κ2) is 12.3. The predicted octanol–water partition coefficient (Wildman–Crippen LogP) is 5.83.